The van der Waals surface area contributed by atoms with Crippen LogP contribution >= 0.6 is 0 Å². The van der Waals surface area contributed by atoms with Gasteiger partial charge in [-0.2, -0.15) is 8.78 Å². The van der Waals surface area contributed by atoms with Crippen LogP contribution in [0.15, 0.2) is 54.2 Å². The van der Waals surface area contributed by atoms with E-state index in [1.807, 2.05) is 19.9 Å². The molecule has 0 saturated carbocycles. The van der Waals surface area contributed by atoms with E-state index in [1.54, 1.807) is 19.1 Å². The number of hydrogen-bond donors (Lipinski definition) is 2. The lowest BCUT2D eigenvalue weighted by Gasteiger charge is -2.20. The first kappa shape index (κ1) is 19.1. The van der Waals surface area contributed by atoms with Gasteiger partial charge in [0, 0.05) is 0 Å². The highest BCUT2D eigenvalue weighted by Crippen LogP contribution is 2.27. The molecule has 2 unspecified atom stereocenters. The lowest BCUT2D eigenvalue weighted by Crippen LogP contribution is -2.19. The van der Waals surface area contributed by atoms with Crippen LogP contribution in [0.2, 0.25) is 0 Å². The predicted octanol–water partition coefficient (Wildman–Crippen LogP) is 4.07. The quantitative estimate of drug-likeness (QED) is 0.743. The molecule has 2 N–H and O–H groups in total. The van der Waals surface area contributed by atoms with Gasteiger partial charge in [0.1, 0.15) is 18.0 Å². The van der Waals surface area contributed by atoms with Crippen molar-refractivity contribution in [3.8, 4) is 5.75 Å². The second-order valence-electron chi connectivity index (χ2n) is 5.47. The standard InChI is InChI=1S/C18H22F2O3/c1-11(2)6-5-7-12(3)16(21)17(22)14-8-9-15(13(4)10-14)23-18(19)20/h5-10,16-18,21-22H,3H2,1-2,4H3/b7-5-. The van der Waals surface area contributed by atoms with Crippen LogP contribution in [-0.2, 0) is 0 Å². The maximum atomic E-state index is 12.2. The van der Waals surface area contributed by atoms with Crippen LogP contribution in [0.5, 0.6) is 5.75 Å². The number of ether oxygens (including phenoxy) is 1. The zero-order valence-corrected chi connectivity index (χ0v) is 13.5. The smallest absolute Gasteiger partial charge is 0.387 e. The summed E-state index contributed by atoms with van der Waals surface area (Å²) in [6.45, 7) is 6.28. The molecule has 0 amide bonds. The molecule has 126 valence electrons. The van der Waals surface area contributed by atoms with E-state index in [-0.39, 0.29) is 5.75 Å². The molecule has 23 heavy (non-hydrogen) atoms. The average molecular weight is 324 g/mol. The number of rotatable bonds is 7. The molecule has 0 bridgehead atoms. The van der Waals surface area contributed by atoms with Crippen LogP contribution in [0.1, 0.15) is 31.1 Å². The molecule has 0 radical (unpaired) electrons. The van der Waals surface area contributed by atoms with E-state index in [0.29, 0.717) is 16.7 Å². The summed E-state index contributed by atoms with van der Waals surface area (Å²) in [6.07, 6.45) is 2.79. The molecule has 3 nitrogen and oxygen atoms in total. The van der Waals surface area contributed by atoms with Crippen LogP contribution in [0.4, 0.5) is 8.78 Å². The minimum absolute atomic E-state index is 0.0349. The van der Waals surface area contributed by atoms with Gasteiger partial charge in [0.25, 0.3) is 0 Å². The first-order valence-electron chi connectivity index (χ1n) is 7.14. The third kappa shape index (κ3) is 5.96. The van der Waals surface area contributed by atoms with E-state index < -0.39 is 18.8 Å². The Kier molecular flexibility index (Phi) is 7.13. The van der Waals surface area contributed by atoms with Crippen molar-refractivity contribution in [2.24, 2.45) is 0 Å². The Labute approximate surface area is 135 Å². The first-order chi connectivity index (χ1) is 10.7. The van der Waals surface area contributed by atoms with Gasteiger partial charge in [0.15, 0.2) is 0 Å². The Bertz CT molecular complexity index is 602. The summed E-state index contributed by atoms with van der Waals surface area (Å²) in [5.41, 5.74) is 2.28. The molecule has 0 heterocycles. The predicted molar refractivity (Wildman–Crippen MR) is 86.5 cm³/mol. The summed E-state index contributed by atoms with van der Waals surface area (Å²) in [5.74, 6) is 0.0349. The summed E-state index contributed by atoms with van der Waals surface area (Å²) < 4.78 is 28.8. The second-order valence-corrected chi connectivity index (χ2v) is 5.47. The van der Waals surface area contributed by atoms with Gasteiger partial charge in [-0.1, -0.05) is 36.4 Å². The minimum atomic E-state index is -2.91. The number of benzene rings is 1. The van der Waals surface area contributed by atoms with Crippen molar-refractivity contribution in [2.45, 2.75) is 39.6 Å². The molecule has 1 aromatic carbocycles. The minimum Gasteiger partial charge on any atom is -0.435 e. The number of aliphatic hydroxyl groups is 2. The molecular weight excluding hydrogens is 302 g/mol. The molecule has 2 atom stereocenters. The molecular formula is C18H22F2O3. The van der Waals surface area contributed by atoms with Gasteiger partial charge in [0.05, 0.1) is 0 Å². The Morgan fingerprint density at radius 2 is 1.91 bits per heavy atom. The topological polar surface area (TPSA) is 49.7 Å². The van der Waals surface area contributed by atoms with Crippen molar-refractivity contribution in [3.63, 3.8) is 0 Å². The number of hydrogen-bond acceptors (Lipinski definition) is 3. The van der Waals surface area contributed by atoms with Crippen LogP contribution in [-0.4, -0.2) is 22.9 Å². The third-order valence-corrected chi connectivity index (χ3v) is 3.18. The molecule has 0 aromatic heterocycles. The molecule has 0 fully saturated rings. The maximum absolute atomic E-state index is 12.2. The molecule has 0 aliphatic heterocycles. The van der Waals surface area contributed by atoms with Crippen LogP contribution in [0.3, 0.4) is 0 Å². The van der Waals surface area contributed by atoms with Crippen LogP contribution in [0, 0.1) is 6.92 Å². The number of alkyl halides is 2. The number of allylic oxidation sites excluding steroid dienone is 3. The van der Waals surface area contributed by atoms with E-state index in [0.717, 1.165) is 5.57 Å². The first-order valence-corrected chi connectivity index (χ1v) is 7.14. The van der Waals surface area contributed by atoms with Crippen molar-refractivity contribution in [1.82, 2.24) is 0 Å². The molecule has 5 heteroatoms. The van der Waals surface area contributed by atoms with Gasteiger partial charge in [-0.3, -0.25) is 0 Å². The molecule has 1 rings (SSSR count). The highest BCUT2D eigenvalue weighted by atomic mass is 19.3. The Hall–Kier alpha value is -1.98. The van der Waals surface area contributed by atoms with Gasteiger partial charge in [-0.25, -0.2) is 0 Å². The molecule has 1 aromatic rings. The lowest BCUT2D eigenvalue weighted by atomic mass is 9.97. The maximum Gasteiger partial charge on any atom is 0.387 e. The van der Waals surface area contributed by atoms with Gasteiger partial charge >= 0.3 is 6.61 Å². The van der Waals surface area contributed by atoms with Gasteiger partial charge in [-0.15, -0.1) is 0 Å². The van der Waals surface area contributed by atoms with Crippen molar-refractivity contribution >= 4 is 0 Å². The Morgan fingerprint density at radius 1 is 1.26 bits per heavy atom. The summed E-state index contributed by atoms with van der Waals surface area (Å²) in [7, 11) is 0. The molecule has 0 aliphatic rings. The van der Waals surface area contributed by atoms with E-state index in [1.165, 1.54) is 18.2 Å². The van der Waals surface area contributed by atoms with Crippen molar-refractivity contribution in [1.29, 1.82) is 0 Å². The number of aryl methyl sites for hydroxylation is 1. The second kappa shape index (κ2) is 8.60. The zero-order chi connectivity index (χ0) is 17.6. The van der Waals surface area contributed by atoms with E-state index in [2.05, 4.69) is 11.3 Å². The zero-order valence-electron chi connectivity index (χ0n) is 13.5. The van der Waals surface area contributed by atoms with Gasteiger partial charge < -0.3 is 14.9 Å². The lowest BCUT2D eigenvalue weighted by molar-refractivity contribution is -0.0503. The van der Waals surface area contributed by atoms with Crippen molar-refractivity contribution < 1.29 is 23.7 Å². The SMILES string of the molecule is C=C(/C=C\C=C(C)C)C(O)C(O)c1ccc(OC(F)F)c(C)c1. The summed E-state index contributed by atoms with van der Waals surface area (Å²) in [4.78, 5) is 0. The Balaban J connectivity index is 2.85. The van der Waals surface area contributed by atoms with Crippen molar-refractivity contribution in [3.05, 3.63) is 65.3 Å². The largest absolute Gasteiger partial charge is 0.435 e. The summed E-state index contributed by atoms with van der Waals surface area (Å²) in [6, 6.07) is 4.28. The highest BCUT2D eigenvalue weighted by Gasteiger charge is 2.21. The number of halogens is 2. The summed E-state index contributed by atoms with van der Waals surface area (Å²) in [5, 5.41) is 20.4. The van der Waals surface area contributed by atoms with Crippen molar-refractivity contribution in [2.75, 3.05) is 0 Å². The fraction of sp³-hybridized carbons (Fsp3) is 0.333. The van der Waals surface area contributed by atoms with Gasteiger partial charge in [-0.05, 0) is 49.6 Å². The van der Waals surface area contributed by atoms with E-state index in [4.69, 9.17) is 0 Å². The fourth-order valence-corrected chi connectivity index (χ4v) is 1.93. The molecule has 0 saturated heterocycles. The van der Waals surface area contributed by atoms with E-state index >= 15 is 0 Å². The third-order valence-electron chi connectivity index (χ3n) is 3.18. The highest BCUT2D eigenvalue weighted by molar-refractivity contribution is 5.38. The van der Waals surface area contributed by atoms with Gasteiger partial charge in [0.2, 0.25) is 0 Å². The summed E-state index contributed by atoms with van der Waals surface area (Å²) >= 11 is 0. The van der Waals surface area contributed by atoms with Crippen LogP contribution in [0.25, 0.3) is 0 Å². The average Bonchev–Trinajstić information content (AvgIpc) is 2.46. The number of aliphatic hydroxyl groups excluding tert-OH is 2. The normalized spacial score (nSPS) is 13.9. The fourth-order valence-electron chi connectivity index (χ4n) is 1.93. The molecule has 0 spiro atoms. The van der Waals surface area contributed by atoms with Crippen LogP contribution < -0.4 is 4.74 Å². The Morgan fingerprint density at radius 3 is 2.43 bits per heavy atom. The van der Waals surface area contributed by atoms with E-state index in [9.17, 15) is 19.0 Å². The molecule has 0 aliphatic carbocycles. The monoisotopic (exact) mass is 324 g/mol.